The molecule has 9 heteroatoms. The van der Waals surface area contributed by atoms with E-state index in [1.807, 2.05) is 55.4 Å². The third-order valence-electron chi connectivity index (χ3n) is 4.20. The Morgan fingerprint density at radius 3 is 2.41 bits per heavy atom. The van der Waals surface area contributed by atoms with Gasteiger partial charge in [-0.1, -0.05) is 33.3 Å². The molecule has 1 amide bonds. The molecule has 0 saturated carbocycles. The van der Waals surface area contributed by atoms with Gasteiger partial charge in [0.15, 0.2) is 16.6 Å². The van der Waals surface area contributed by atoms with Gasteiger partial charge in [-0.2, -0.15) is 0 Å². The molecule has 0 aliphatic carbocycles. The monoisotopic (exact) mass is 499 g/mol. The number of aromatic nitrogens is 1. The lowest BCUT2D eigenvalue weighted by atomic mass is 10.2. The van der Waals surface area contributed by atoms with Crippen LogP contribution in [0.1, 0.15) is 10.4 Å². The third-order valence-corrected chi connectivity index (χ3v) is 5.74. The lowest BCUT2D eigenvalue weighted by Gasteiger charge is -2.22. The Labute approximate surface area is 189 Å². The molecule has 0 unspecified atom stereocenters. The lowest BCUT2D eigenvalue weighted by molar-refractivity contribution is 0.0985. The summed E-state index contributed by atoms with van der Waals surface area (Å²) in [6.07, 6.45) is 0. The van der Waals surface area contributed by atoms with Crippen LogP contribution in [-0.2, 0) is 0 Å². The summed E-state index contributed by atoms with van der Waals surface area (Å²) in [6.45, 7) is 1.26. The molecule has 2 aromatic carbocycles. The van der Waals surface area contributed by atoms with Crippen LogP contribution in [0, 0.1) is 0 Å². The Kier molecular flexibility index (Phi) is 8.27. The van der Waals surface area contributed by atoms with Crippen molar-refractivity contribution in [2.75, 3.05) is 46.3 Å². The SMILES string of the molecule is COc1cc2nc(N(CCN(C)C)C(=O)c3cccc(Br)c3)sc2cc1OC.Cl. The van der Waals surface area contributed by atoms with Gasteiger partial charge in [0.25, 0.3) is 5.91 Å². The van der Waals surface area contributed by atoms with Crippen LogP contribution in [0.5, 0.6) is 11.5 Å². The van der Waals surface area contributed by atoms with E-state index in [1.165, 1.54) is 11.3 Å². The highest BCUT2D eigenvalue weighted by molar-refractivity contribution is 9.10. The fourth-order valence-corrected chi connectivity index (χ4v) is 4.12. The Bertz CT molecular complexity index is 955. The highest BCUT2D eigenvalue weighted by Crippen LogP contribution is 2.37. The van der Waals surface area contributed by atoms with Gasteiger partial charge in [0.1, 0.15) is 0 Å². The normalized spacial score (nSPS) is 10.7. The van der Waals surface area contributed by atoms with Crippen LogP contribution in [-0.4, -0.2) is 57.2 Å². The number of thiazole rings is 1. The second kappa shape index (κ2) is 10.2. The molecule has 29 heavy (non-hydrogen) atoms. The van der Waals surface area contributed by atoms with E-state index in [0.29, 0.717) is 28.7 Å². The van der Waals surface area contributed by atoms with Crippen LogP contribution in [0.15, 0.2) is 40.9 Å². The van der Waals surface area contributed by atoms with Crippen molar-refractivity contribution in [1.29, 1.82) is 0 Å². The number of likely N-dealkylation sites (N-methyl/N-ethyl adjacent to an activating group) is 1. The number of amides is 1. The second-order valence-corrected chi connectivity index (χ2v) is 8.37. The number of carbonyl (C=O) groups is 1. The smallest absolute Gasteiger partial charge is 0.260 e. The van der Waals surface area contributed by atoms with Crippen molar-refractivity contribution in [2.24, 2.45) is 0 Å². The summed E-state index contributed by atoms with van der Waals surface area (Å²) in [5, 5.41) is 0.650. The first-order valence-corrected chi connectivity index (χ1v) is 10.3. The van der Waals surface area contributed by atoms with Gasteiger partial charge < -0.3 is 14.4 Å². The van der Waals surface area contributed by atoms with Crippen molar-refractivity contribution in [2.45, 2.75) is 0 Å². The summed E-state index contributed by atoms with van der Waals surface area (Å²) in [4.78, 5) is 21.7. The maximum atomic E-state index is 13.2. The molecular formula is C20H23BrClN3O3S. The molecule has 0 atom stereocenters. The molecule has 0 aliphatic rings. The first-order valence-electron chi connectivity index (χ1n) is 8.67. The topological polar surface area (TPSA) is 54.9 Å². The maximum Gasteiger partial charge on any atom is 0.260 e. The molecule has 0 N–H and O–H groups in total. The van der Waals surface area contributed by atoms with Crippen molar-refractivity contribution in [1.82, 2.24) is 9.88 Å². The fourth-order valence-electron chi connectivity index (χ4n) is 2.72. The zero-order chi connectivity index (χ0) is 20.3. The number of benzene rings is 2. The molecule has 3 aromatic rings. The standard InChI is InChI=1S/C20H22BrN3O3S.ClH/c1-23(2)8-9-24(19(25)13-6-5-7-14(21)10-13)20-22-15-11-16(26-3)17(27-4)12-18(15)28-20;/h5-7,10-12H,8-9H2,1-4H3;1H. The van der Waals surface area contributed by atoms with Gasteiger partial charge in [-0.05, 0) is 32.3 Å². The highest BCUT2D eigenvalue weighted by atomic mass is 79.9. The Morgan fingerprint density at radius 2 is 1.79 bits per heavy atom. The lowest BCUT2D eigenvalue weighted by Crippen LogP contribution is -2.36. The average Bonchev–Trinajstić information content (AvgIpc) is 3.08. The van der Waals surface area contributed by atoms with Gasteiger partial charge in [-0.15, -0.1) is 12.4 Å². The van der Waals surface area contributed by atoms with Crippen LogP contribution in [0.4, 0.5) is 5.13 Å². The van der Waals surface area contributed by atoms with Crippen LogP contribution < -0.4 is 14.4 Å². The number of nitrogens with zero attached hydrogens (tertiary/aromatic N) is 3. The first kappa shape index (κ1) is 23.4. The summed E-state index contributed by atoms with van der Waals surface area (Å²) < 4.78 is 12.6. The minimum atomic E-state index is -0.0823. The summed E-state index contributed by atoms with van der Waals surface area (Å²) >= 11 is 4.90. The molecule has 3 rings (SSSR count). The molecule has 1 heterocycles. The molecule has 0 spiro atoms. The van der Waals surface area contributed by atoms with Gasteiger partial charge in [0.2, 0.25) is 0 Å². The largest absolute Gasteiger partial charge is 0.493 e. The number of carbonyl (C=O) groups excluding carboxylic acids is 1. The van der Waals surface area contributed by atoms with Gasteiger partial charge in [-0.3, -0.25) is 9.69 Å². The van der Waals surface area contributed by atoms with Gasteiger partial charge >= 0.3 is 0 Å². The average molecular weight is 501 g/mol. The van der Waals surface area contributed by atoms with E-state index in [-0.39, 0.29) is 18.3 Å². The maximum absolute atomic E-state index is 13.2. The first-order chi connectivity index (χ1) is 13.4. The summed E-state index contributed by atoms with van der Waals surface area (Å²) in [6, 6.07) is 11.1. The van der Waals surface area contributed by atoms with Crippen molar-refractivity contribution in [3.8, 4) is 11.5 Å². The van der Waals surface area contributed by atoms with Crippen molar-refractivity contribution >= 4 is 60.9 Å². The predicted molar refractivity (Wildman–Crippen MR) is 124 cm³/mol. The second-order valence-electron chi connectivity index (χ2n) is 6.44. The molecule has 0 bridgehead atoms. The number of methoxy groups -OCH3 is 2. The summed E-state index contributed by atoms with van der Waals surface area (Å²) in [5.74, 6) is 1.18. The predicted octanol–water partition coefficient (Wildman–Crippen LogP) is 4.71. The zero-order valence-corrected chi connectivity index (χ0v) is 19.9. The molecule has 1 aromatic heterocycles. The number of hydrogen-bond donors (Lipinski definition) is 0. The number of fused-ring (bicyclic) bond motifs is 1. The number of hydrogen-bond acceptors (Lipinski definition) is 6. The van der Waals surface area contributed by atoms with Gasteiger partial charge in [-0.25, -0.2) is 4.98 Å². The molecule has 0 saturated heterocycles. The summed E-state index contributed by atoms with van der Waals surface area (Å²) in [5.41, 5.74) is 1.39. The van der Waals surface area contributed by atoms with E-state index in [9.17, 15) is 4.79 Å². The Balaban J connectivity index is 0.00000300. The van der Waals surface area contributed by atoms with Crippen LogP contribution in [0.2, 0.25) is 0 Å². The van der Waals surface area contributed by atoms with E-state index in [0.717, 1.165) is 21.2 Å². The van der Waals surface area contributed by atoms with Gasteiger partial charge in [0, 0.05) is 35.3 Å². The fraction of sp³-hybridized carbons (Fsp3) is 0.300. The summed E-state index contributed by atoms with van der Waals surface area (Å²) in [7, 11) is 7.16. The molecule has 6 nitrogen and oxygen atoms in total. The number of anilines is 1. The van der Waals surface area contributed by atoms with E-state index in [2.05, 4.69) is 15.9 Å². The quantitative estimate of drug-likeness (QED) is 0.470. The van der Waals surface area contributed by atoms with E-state index < -0.39 is 0 Å². The molecule has 0 fully saturated rings. The van der Waals surface area contributed by atoms with Crippen molar-refractivity contribution < 1.29 is 14.3 Å². The Morgan fingerprint density at radius 1 is 1.10 bits per heavy atom. The van der Waals surface area contributed by atoms with Crippen LogP contribution in [0.25, 0.3) is 10.2 Å². The number of halogens is 2. The minimum Gasteiger partial charge on any atom is -0.493 e. The molecule has 0 radical (unpaired) electrons. The van der Waals surface area contributed by atoms with E-state index in [1.54, 1.807) is 19.1 Å². The number of rotatable bonds is 7. The minimum absolute atomic E-state index is 0. The van der Waals surface area contributed by atoms with Crippen LogP contribution >= 0.6 is 39.7 Å². The van der Waals surface area contributed by atoms with Gasteiger partial charge in [0.05, 0.1) is 24.4 Å². The molecular weight excluding hydrogens is 478 g/mol. The van der Waals surface area contributed by atoms with Crippen LogP contribution in [0.3, 0.4) is 0 Å². The highest BCUT2D eigenvalue weighted by Gasteiger charge is 2.22. The molecule has 156 valence electrons. The Hall–Kier alpha value is -1.87. The van der Waals surface area contributed by atoms with E-state index in [4.69, 9.17) is 14.5 Å². The zero-order valence-electron chi connectivity index (χ0n) is 16.6. The third kappa shape index (κ3) is 5.39. The molecule has 0 aliphatic heterocycles. The van der Waals surface area contributed by atoms with Crippen molar-refractivity contribution in [3.05, 3.63) is 46.4 Å². The number of ether oxygens (including phenoxy) is 2. The van der Waals surface area contributed by atoms with Crippen molar-refractivity contribution in [3.63, 3.8) is 0 Å². The van der Waals surface area contributed by atoms with E-state index >= 15 is 0 Å².